The molecule has 1 N–H and O–H groups in total. The van der Waals surface area contributed by atoms with Gasteiger partial charge in [0.1, 0.15) is 11.6 Å². The smallest absolute Gasteiger partial charge is 0.311 e. The highest BCUT2D eigenvalue weighted by Gasteiger charge is 2.20. The molecule has 4 rings (SSSR count). The van der Waals surface area contributed by atoms with E-state index in [1.165, 1.54) is 42.6 Å². The van der Waals surface area contributed by atoms with Crippen LogP contribution in [0.5, 0.6) is 5.75 Å². The Labute approximate surface area is 211 Å². The number of anilines is 1. The Morgan fingerprint density at radius 3 is 2.78 bits per heavy atom. The molecule has 0 atom stereocenters. The highest BCUT2D eigenvalue weighted by molar-refractivity contribution is 9.10. The molecule has 0 unspecified atom stereocenters. The fourth-order valence-electron chi connectivity index (χ4n) is 3.35. The molecule has 0 aliphatic heterocycles. The average Bonchev–Trinajstić information content (AvgIpc) is 2.84. The van der Waals surface area contributed by atoms with Crippen LogP contribution in [0.1, 0.15) is 11.4 Å². The number of halogens is 2. The first-order valence-corrected chi connectivity index (χ1v) is 11.2. The lowest BCUT2D eigenvalue weighted by atomic mass is 10.2. The van der Waals surface area contributed by atoms with Crippen molar-refractivity contribution in [2.45, 2.75) is 6.92 Å². The predicted molar refractivity (Wildman–Crippen MR) is 135 cm³/mol. The molecule has 0 fully saturated rings. The summed E-state index contributed by atoms with van der Waals surface area (Å²) >= 11 is 3.32. The molecule has 4 aromatic rings. The van der Waals surface area contributed by atoms with Crippen LogP contribution in [0, 0.1) is 22.9 Å². The number of hydrogen-bond donors (Lipinski definition) is 1. The molecular formula is C24H17BrFN5O5. The van der Waals surface area contributed by atoms with Gasteiger partial charge in [-0.3, -0.25) is 19.7 Å². The van der Waals surface area contributed by atoms with Crippen molar-refractivity contribution in [1.29, 1.82) is 0 Å². The number of nitrogens with zero attached hydrogens (tertiary/aromatic N) is 4. The van der Waals surface area contributed by atoms with Gasteiger partial charge in [0.05, 0.1) is 27.7 Å². The van der Waals surface area contributed by atoms with Gasteiger partial charge in [-0.25, -0.2) is 9.37 Å². The number of carbonyl (C=O) groups excluding carboxylic acids is 1. The van der Waals surface area contributed by atoms with E-state index in [2.05, 4.69) is 31.3 Å². The lowest BCUT2D eigenvalue weighted by molar-refractivity contribution is -0.385. The van der Waals surface area contributed by atoms with E-state index < -0.39 is 34.5 Å². The van der Waals surface area contributed by atoms with Gasteiger partial charge in [0, 0.05) is 16.1 Å². The monoisotopic (exact) mass is 553 g/mol. The SMILES string of the molecule is Cc1nc2ccc(Br)cc2c(=O)n1N=Cc1cccc([N+](=O)[O-])c1OCC(=O)Nc1ccccc1F. The zero-order valence-corrected chi connectivity index (χ0v) is 20.2. The van der Waals surface area contributed by atoms with Crippen LogP contribution in [0.2, 0.25) is 0 Å². The minimum absolute atomic E-state index is 0.0549. The molecule has 0 bridgehead atoms. The minimum atomic E-state index is -0.725. The van der Waals surface area contributed by atoms with Crippen LogP contribution >= 0.6 is 15.9 Å². The Hall–Kier alpha value is -4.45. The van der Waals surface area contributed by atoms with Crippen molar-refractivity contribution in [2.75, 3.05) is 11.9 Å². The summed E-state index contributed by atoms with van der Waals surface area (Å²) in [7, 11) is 0. The third-order valence-corrected chi connectivity index (χ3v) is 5.49. The Morgan fingerprint density at radius 2 is 2.03 bits per heavy atom. The highest BCUT2D eigenvalue weighted by atomic mass is 79.9. The van der Waals surface area contributed by atoms with Crippen molar-refractivity contribution in [3.63, 3.8) is 0 Å². The number of amides is 1. The van der Waals surface area contributed by atoms with Crippen LogP contribution in [-0.2, 0) is 4.79 Å². The Morgan fingerprint density at radius 1 is 1.25 bits per heavy atom. The Kier molecular flexibility index (Phi) is 7.15. The summed E-state index contributed by atoms with van der Waals surface area (Å²) in [5.41, 5.74) is -0.272. The number of ether oxygens (including phenoxy) is 1. The summed E-state index contributed by atoms with van der Waals surface area (Å²) in [6, 6.07) is 14.7. The molecule has 0 radical (unpaired) electrons. The number of rotatable bonds is 7. The van der Waals surface area contributed by atoms with Gasteiger partial charge in [-0.1, -0.05) is 34.1 Å². The third-order valence-electron chi connectivity index (χ3n) is 5.00. The first-order valence-electron chi connectivity index (χ1n) is 10.4. The van der Waals surface area contributed by atoms with Crippen molar-refractivity contribution in [2.24, 2.45) is 5.10 Å². The summed E-state index contributed by atoms with van der Waals surface area (Å²) < 4.78 is 21.0. The summed E-state index contributed by atoms with van der Waals surface area (Å²) in [6.07, 6.45) is 1.21. The summed E-state index contributed by atoms with van der Waals surface area (Å²) in [6.45, 7) is 0.961. The van der Waals surface area contributed by atoms with E-state index in [-0.39, 0.29) is 17.0 Å². The lowest BCUT2D eigenvalue weighted by Crippen LogP contribution is -2.22. The maximum absolute atomic E-state index is 13.8. The topological polar surface area (TPSA) is 129 Å². The number of nitro benzene ring substituents is 1. The molecule has 1 amide bonds. The maximum Gasteiger partial charge on any atom is 0.311 e. The first-order chi connectivity index (χ1) is 17.2. The van der Waals surface area contributed by atoms with E-state index in [0.29, 0.717) is 21.2 Å². The first kappa shape index (κ1) is 24.7. The molecule has 0 saturated carbocycles. The van der Waals surface area contributed by atoms with Crippen molar-refractivity contribution in [3.05, 3.63) is 103 Å². The largest absolute Gasteiger partial charge is 0.476 e. The van der Waals surface area contributed by atoms with Crippen molar-refractivity contribution in [1.82, 2.24) is 9.66 Å². The second-order valence-electron chi connectivity index (χ2n) is 7.45. The molecule has 0 aliphatic rings. The third kappa shape index (κ3) is 5.28. The molecule has 12 heteroatoms. The molecule has 10 nitrogen and oxygen atoms in total. The normalized spacial score (nSPS) is 11.1. The fraction of sp³-hybridized carbons (Fsp3) is 0.0833. The Bertz CT molecular complexity index is 1590. The van der Waals surface area contributed by atoms with Gasteiger partial charge in [-0.15, -0.1) is 0 Å². The van der Waals surface area contributed by atoms with Gasteiger partial charge in [0.15, 0.2) is 6.61 Å². The number of fused-ring (bicyclic) bond motifs is 1. The molecule has 182 valence electrons. The number of aryl methyl sites for hydroxylation is 1. The summed E-state index contributed by atoms with van der Waals surface area (Å²) in [5, 5.41) is 18.4. The van der Waals surface area contributed by atoms with Gasteiger partial charge in [0.25, 0.3) is 11.5 Å². The second-order valence-corrected chi connectivity index (χ2v) is 8.37. The lowest BCUT2D eigenvalue weighted by Gasteiger charge is -2.11. The highest BCUT2D eigenvalue weighted by Crippen LogP contribution is 2.30. The van der Waals surface area contributed by atoms with Gasteiger partial charge in [0.2, 0.25) is 5.75 Å². The van der Waals surface area contributed by atoms with Crippen LogP contribution < -0.4 is 15.6 Å². The Balaban J connectivity index is 1.65. The average molecular weight is 554 g/mol. The van der Waals surface area contributed by atoms with Crippen molar-refractivity contribution < 1.29 is 18.8 Å². The standard InChI is InChI=1S/C24H17BrFN5O5/c1-14-28-19-10-9-16(25)11-17(19)24(33)30(14)27-12-15-5-4-8-21(31(34)35)23(15)36-13-22(32)29-20-7-3-2-6-18(20)26/h2-12H,13H2,1H3,(H,29,32). The zero-order chi connectivity index (χ0) is 25.8. The second kappa shape index (κ2) is 10.4. The quantitative estimate of drug-likeness (QED) is 0.205. The van der Waals surface area contributed by atoms with Gasteiger partial charge in [-0.2, -0.15) is 9.78 Å². The minimum Gasteiger partial charge on any atom is -0.476 e. The maximum atomic E-state index is 13.8. The number of nitrogens with one attached hydrogen (secondary N) is 1. The molecule has 1 heterocycles. The molecule has 36 heavy (non-hydrogen) atoms. The van der Waals surface area contributed by atoms with Crippen LogP contribution in [0.3, 0.4) is 0 Å². The predicted octanol–water partition coefficient (Wildman–Crippen LogP) is 4.41. The zero-order valence-electron chi connectivity index (χ0n) is 18.6. The number of para-hydroxylation sites is 2. The van der Waals surface area contributed by atoms with Gasteiger partial charge in [-0.05, 0) is 43.3 Å². The van der Waals surface area contributed by atoms with E-state index >= 15 is 0 Å². The number of nitro groups is 1. The molecular weight excluding hydrogens is 537 g/mol. The number of benzene rings is 3. The van der Waals surface area contributed by atoms with Crippen LogP contribution in [0.25, 0.3) is 10.9 Å². The van der Waals surface area contributed by atoms with Crippen LogP contribution in [0.15, 0.2) is 75.0 Å². The molecule has 0 saturated heterocycles. The van der Waals surface area contributed by atoms with E-state index in [0.717, 1.165) is 4.68 Å². The van der Waals surface area contributed by atoms with Gasteiger partial charge >= 0.3 is 5.69 Å². The van der Waals surface area contributed by atoms with Gasteiger partial charge < -0.3 is 10.1 Å². The van der Waals surface area contributed by atoms with Crippen LogP contribution in [0.4, 0.5) is 15.8 Å². The van der Waals surface area contributed by atoms with Crippen molar-refractivity contribution in [3.8, 4) is 5.75 Å². The number of aromatic nitrogens is 2. The molecule has 1 aromatic heterocycles. The van der Waals surface area contributed by atoms with E-state index in [1.807, 2.05) is 0 Å². The fourth-order valence-corrected chi connectivity index (χ4v) is 3.71. The number of hydrogen-bond acceptors (Lipinski definition) is 7. The number of carbonyl (C=O) groups is 1. The summed E-state index contributed by atoms with van der Waals surface area (Å²) in [4.78, 5) is 40.5. The van der Waals surface area contributed by atoms with E-state index in [4.69, 9.17) is 4.74 Å². The van der Waals surface area contributed by atoms with E-state index in [1.54, 1.807) is 31.2 Å². The molecule has 0 spiro atoms. The molecule has 0 aliphatic carbocycles. The van der Waals surface area contributed by atoms with Crippen LogP contribution in [-0.4, -0.2) is 33.3 Å². The molecule has 3 aromatic carbocycles. The summed E-state index contributed by atoms with van der Waals surface area (Å²) in [5.74, 6) is -1.31. The van der Waals surface area contributed by atoms with E-state index in [9.17, 15) is 24.1 Å². The van der Waals surface area contributed by atoms with Crippen molar-refractivity contribution >= 4 is 50.3 Å².